The van der Waals surface area contributed by atoms with E-state index in [0.29, 0.717) is 4.90 Å². The summed E-state index contributed by atoms with van der Waals surface area (Å²) in [7, 11) is 0. The Balaban J connectivity index is 2.16. The van der Waals surface area contributed by atoms with E-state index in [-0.39, 0.29) is 28.9 Å². The van der Waals surface area contributed by atoms with Crippen molar-refractivity contribution in [3.05, 3.63) is 11.6 Å². The quantitative estimate of drug-likeness (QED) is 0.266. The number of carbonyl (C=O) groups excluding carboxylic acids is 3. The van der Waals surface area contributed by atoms with Crippen LogP contribution in [0.1, 0.15) is 82.4 Å². The van der Waals surface area contributed by atoms with E-state index in [0.717, 1.165) is 0 Å². The van der Waals surface area contributed by atoms with Crippen LogP contribution in [-0.2, 0) is 23.7 Å². The largest absolute Gasteiger partial charge is 0.509 e. The second-order valence-electron chi connectivity index (χ2n) is 13.5. The fourth-order valence-corrected chi connectivity index (χ4v) is 4.28. The number of ether oxygens (including phenoxy) is 5. The molecular formula is C27H40ClN5O9. The van der Waals surface area contributed by atoms with E-state index < -0.39 is 59.0 Å². The van der Waals surface area contributed by atoms with Crippen LogP contribution in [0.2, 0.25) is 5.28 Å². The lowest BCUT2D eigenvalue weighted by atomic mass is 9.82. The minimum Gasteiger partial charge on any atom is -0.443 e. The Kier molecular flexibility index (Phi) is 9.07. The predicted octanol–water partition coefficient (Wildman–Crippen LogP) is 5.39. The van der Waals surface area contributed by atoms with Gasteiger partial charge in [-0.05, 0) is 73.9 Å². The number of imidazole rings is 1. The molecule has 1 aliphatic rings. The molecule has 0 saturated carbocycles. The van der Waals surface area contributed by atoms with Gasteiger partial charge in [-0.25, -0.2) is 19.4 Å². The number of rotatable bonds is 4. The molecule has 0 spiro atoms. The van der Waals surface area contributed by atoms with Crippen LogP contribution in [0.3, 0.4) is 0 Å². The molecule has 0 aromatic carbocycles. The highest BCUT2D eigenvalue weighted by atomic mass is 35.5. The first-order chi connectivity index (χ1) is 19.0. The Bertz CT molecular complexity index is 1310. The average molecular weight is 614 g/mol. The topological polar surface area (TPSA) is 164 Å². The van der Waals surface area contributed by atoms with Crippen molar-refractivity contribution in [2.45, 2.75) is 111 Å². The SMILES string of the molecule is CC(C)(C)OC(=O)O[C@H]1[C@H](n2cnc3c(N(C(=O)OC(C)(C)C)C(=O)OC(C)(C)C)nc(Cl)nc32)O[C@H](CO)C1(C)C. The Morgan fingerprint density at radius 3 is 1.98 bits per heavy atom. The maximum Gasteiger partial charge on any atom is 0.509 e. The Morgan fingerprint density at radius 1 is 0.976 bits per heavy atom. The molecular weight excluding hydrogens is 574 g/mol. The number of aliphatic hydroxyl groups excluding tert-OH is 1. The lowest BCUT2D eigenvalue weighted by Gasteiger charge is -2.31. The number of imide groups is 1. The molecule has 2 amide bonds. The minimum absolute atomic E-state index is 0.0269. The molecule has 3 heterocycles. The summed E-state index contributed by atoms with van der Waals surface area (Å²) >= 11 is 6.30. The summed E-state index contributed by atoms with van der Waals surface area (Å²) in [6, 6.07) is 0. The molecule has 1 saturated heterocycles. The standard InChI is InChI=1S/C27H40ClN5O9/c1-24(2,3)40-21(35)33(22(36)41-25(4,5)6)18-15-17(30-20(28)31-18)32(13-29-15)19-16(27(10,11)14(12-34)38-19)39-23(37)42-26(7,8)9/h13-14,16,19,34H,12H2,1-11H3/t14-,16+,19-/m1/s1. The van der Waals surface area contributed by atoms with Gasteiger partial charge in [-0.2, -0.15) is 14.9 Å². The van der Waals surface area contributed by atoms with Gasteiger partial charge in [-0.15, -0.1) is 0 Å². The number of aromatic nitrogens is 4. The van der Waals surface area contributed by atoms with E-state index >= 15 is 0 Å². The zero-order valence-electron chi connectivity index (χ0n) is 25.8. The van der Waals surface area contributed by atoms with Gasteiger partial charge in [0.1, 0.15) is 16.8 Å². The first-order valence-electron chi connectivity index (χ1n) is 13.4. The number of amides is 2. The van der Waals surface area contributed by atoms with E-state index in [2.05, 4.69) is 15.0 Å². The van der Waals surface area contributed by atoms with Crippen molar-refractivity contribution < 1.29 is 43.2 Å². The highest BCUT2D eigenvalue weighted by molar-refractivity contribution is 6.29. The van der Waals surface area contributed by atoms with Crippen LogP contribution in [0.25, 0.3) is 11.2 Å². The average Bonchev–Trinajstić information content (AvgIpc) is 3.28. The molecule has 234 valence electrons. The van der Waals surface area contributed by atoms with Crippen molar-refractivity contribution in [3.63, 3.8) is 0 Å². The molecule has 0 aliphatic carbocycles. The number of hydrogen-bond donors (Lipinski definition) is 1. The van der Waals surface area contributed by atoms with Gasteiger partial charge in [-0.1, -0.05) is 13.8 Å². The lowest BCUT2D eigenvalue weighted by Crippen LogP contribution is -2.44. The van der Waals surface area contributed by atoms with Crippen LogP contribution >= 0.6 is 11.6 Å². The van der Waals surface area contributed by atoms with Gasteiger partial charge >= 0.3 is 18.3 Å². The summed E-state index contributed by atoms with van der Waals surface area (Å²) in [6.07, 6.45) is -4.60. The first kappa shape index (κ1) is 33.3. The zero-order chi connectivity index (χ0) is 32.0. The van der Waals surface area contributed by atoms with Crippen LogP contribution < -0.4 is 4.90 Å². The maximum absolute atomic E-state index is 13.3. The van der Waals surface area contributed by atoms with Gasteiger partial charge in [0.25, 0.3) is 0 Å². The van der Waals surface area contributed by atoms with Crippen molar-refractivity contribution in [1.82, 2.24) is 19.5 Å². The maximum atomic E-state index is 13.3. The summed E-state index contributed by atoms with van der Waals surface area (Å²) in [4.78, 5) is 52.7. The zero-order valence-corrected chi connectivity index (χ0v) is 26.6. The molecule has 3 atom stereocenters. The van der Waals surface area contributed by atoms with E-state index in [1.807, 2.05) is 0 Å². The molecule has 0 unspecified atom stereocenters. The summed E-state index contributed by atoms with van der Waals surface area (Å²) in [5.74, 6) is -0.298. The minimum atomic E-state index is -1.08. The molecule has 1 N–H and O–H groups in total. The normalized spacial score (nSPS) is 20.7. The second kappa shape index (κ2) is 11.5. The predicted molar refractivity (Wildman–Crippen MR) is 151 cm³/mol. The van der Waals surface area contributed by atoms with Crippen molar-refractivity contribution in [2.75, 3.05) is 11.5 Å². The fourth-order valence-electron chi connectivity index (χ4n) is 4.12. The third-order valence-corrected chi connectivity index (χ3v) is 6.09. The Hall–Kier alpha value is -3.23. The number of hydrogen-bond acceptors (Lipinski definition) is 12. The summed E-state index contributed by atoms with van der Waals surface area (Å²) in [5.41, 5.74) is -3.65. The number of carbonyl (C=O) groups is 3. The molecule has 3 rings (SSSR count). The Labute approximate surface area is 249 Å². The van der Waals surface area contributed by atoms with Crippen molar-refractivity contribution >= 4 is 46.9 Å². The molecule has 1 fully saturated rings. The highest BCUT2D eigenvalue weighted by Crippen LogP contribution is 2.46. The van der Waals surface area contributed by atoms with E-state index in [9.17, 15) is 19.5 Å². The number of aliphatic hydroxyl groups is 1. The monoisotopic (exact) mass is 613 g/mol. The number of fused-ring (bicyclic) bond motifs is 1. The third kappa shape index (κ3) is 7.58. The van der Waals surface area contributed by atoms with Gasteiger partial charge in [0, 0.05) is 5.41 Å². The number of nitrogens with zero attached hydrogens (tertiary/aromatic N) is 5. The Morgan fingerprint density at radius 2 is 1.50 bits per heavy atom. The van der Waals surface area contributed by atoms with E-state index in [4.69, 9.17) is 35.3 Å². The van der Waals surface area contributed by atoms with Crippen molar-refractivity contribution in [1.29, 1.82) is 0 Å². The van der Waals surface area contributed by atoms with Gasteiger partial charge < -0.3 is 28.8 Å². The van der Waals surface area contributed by atoms with Gasteiger partial charge in [0.2, 0.25) is 5.28 Å². The van der Waals surface area contributed by atoms with Crippen molar-refractivity contribution in [3.8, 4) is 0 Å². The van der Waals surface area contributed by atoms with E-state index in [1.165, 1.54) is 10.9 Å². The van der Waals surface area contributed by atoms with Gasteiger partial charge in [0.05, 0.1) is 19.0 Å². The molecule has 1 aliphatic heterocycles. The fraction of sp³-hybridized carbons (Fsp3) is 0.704. The van der Waals surface area contributed by atoms with Gasteiger partial charge in [0.15, 0.2) is 29.3 Å². The molecule has 2 aromatic rings. The molecule has 2 aromatic heterocycles. The van der Waals surface area contributed by atoms with E-state index in [1.54, 1.807) is 76.2 Å². The molecule has 42 heavy (non-hydrogen) atoms. The van der Waals surface area contributed by atoms with Crippen LogP contribution in [0.4, 0.5) is 20.2 Å². The number of halogens is 1. The van der Waals surface area contributed by atoms with Crippen molar-refractivity contribution in [2.24, 2.45) is 5.41 Å². The highest BCUT2D eigenvalue weighted by Gasteiger charge is 2.54. The smallest absolute Gasteiger partial charge is 0.443 e. The third-order valence-electron chi connectivity index (χ3n) is 5.92. The molecule has 14 nitrogen and oxygen atoms in total. The van der Waals surface area contributed by atoms with Crippen LogP contribution in [-0.4, -0.2) is 78.6 Å². The summed E-state index contributed by atoms with van der Waals surface area (Å²) in [6.45, 7) is 18.1. The second-order valence-corrected chi connectivity index (χ2v) is 13.8. The summed E-state index contributed by atoms with van der Waals surface area (Å²) < 4.78 is 29.6. The first-order valence-corrected chi connectivity index (χ1v) is 13.7. The molecule has 15 heteroatoms. The molecule has 0 radical (unpaired) electrons. The van der Waals surface area contributed by atoms with Gasteiger partial charge in [-0.3, -0.25) is 4.57 Å². The molecule has 0 bridgehead atoms. The lowest BCUT2D eigenvalue weighted by molar-refractivity contribution is -0.0771. The number of anilines is 1. The van der Waals surface area contributed by atoms with Crippen LogP contribution in [0.15, 0.2) is 6.33 Å². The van der Waals surface area contributed by atoms with Crippen LogP contribution in [0.5, 0.6) is 0 Å². The summed E-state index contributed by atoms with van der Waals surface area (Å²) in [5, 5.41) is 9.72. The van der Waals surface area contributed by atoms with Crippen LogP contribution in [0, 0.1) is 5.41 Å².